The van der Waals surface area contributed by atoms with Crippen LogP contribution in [0.5, 0.6) is 0 Å². The highest BCUT2D eigenvalue weighted by Crippen LogP contribution is 2.09. The summed E-state index contributed by atoms with van der Waals surface area (Å²) in [5, 5.41) is 0. The van der Waals surface area contributed by atoms with Gasteiger partial charge in [0.25, 0.3) is 0 Å². The van der Waals surface area contributed by atoms with E-state index < -0.39 is 0 Å². The second-order valence-corrected chi connectivity index (χ2v) is 4.92. The molecule has 0 atom stereocenters. The molecule has 0 amide bonds. The van der Waals surface area contributed by atoms with Crippen LogP contribution in [0.15, 0.2) is 49.6 Å². The Hall–Kier alpha value is -1.83. The van der Waals surface area contributed by atoms with Crippen LogP contribution in [-0.2, 0) is 6.54 Å². The van der Waals surface area contributed by atoms with Crippen molar-refractivity contribution in [2.75, 3.05) is 0 Å². The molecule has 0 spiro atoms. The topological polar surface area (TPSA) is 8.81 Å². The van der Waals surface area contributed by atoms with Crippen molar-refractivity contribution in [1.82, 2.24) is 4.57 Å². The van der Waals surface area contributed by atoms with Gasteiger partial charge in [-0.15, -0.1) is 0 Å². The molecule has 0 aliphatic heterocycles. The minimum Gasteiger partial charge on any atom is -0.236 e. The van der Waals surface area contributed by atoms with Gasteiger partial charge in [-0.3, -0.25) is 0 Å². The van der Waals surface area contributed by atoms with Gasteiger partial charge in [0.1, 0.15) is 18.1 Å². The third kappa shape index (κ3) is 3.82. The average Bonchev–Trinajstić information content (AvgIpc) is 2.92. The first kappa shape index (κ1) is 13.6. The summed E-state index contributed by atoms with van der Waals surface area (Å²) in [5.41, 5.74) is 2.35. The van der Waals surface area contributed by atoms with Crippen LogP contribution in [-0.4, -0.2) is 4.57 Å². The second-order valence-electron chi connectivity index (χ2n) is 4.92. The van der Waals surface area contributed by atoms with Crippen LogP contribution >= 0.6 is 0 Å². The number of hydrogen-bond acceptors (Lipinski definition) is 0. The van der Waals surface area contributed by atoms with Crippen LogP contribution in [0, 0.1) is 0 Å². The number of aromatic nitrogens is 2. The first-order valence-corrected chi connectivity index (χ1v) is 7.13. The summed E-state index contributed by atoms with van der Waals surface area (Å²) < 4.78 is 4.42. The van der Waals surface area contributed by atoms with E-state index in [1.807, 2.05) is 6.08 Å². The summed E-state index contributed by atoms with van der Waals surface area (Å²) in [4.78, 5) is 0. The minimum absolute atomic E-state index is 1.11. The Balaban J connectivity index is 1.97. The monoisotopic (exact) mass is 255 g/mol. The molecule has 0 bridgehead atoms. The summed E-state index contributed by atoms with van der Waals surface area (Å²) in [6.45, 7) is 7.13. The van der Waals surface area contributed by atoms with Crippen molar-refractivity contribution in [3.63, 3.8) is 0 Å². The van der Waals surface area contributed by atoms with Gasteiger partial charge in [0.15, 0.2) is 0 Å². The van der Waals surface area contributed by atoms with E-state index in [4.69, 9.17) is 0 Å². The molecule has 100 valence electrons. The number of imidazole rings is 1. The van der Waals surface area contributed by atoms with Gasteiger partial charge < -0.3 is 0 Å². The molecule has 19 heavy (non-hydrogen) atoms. The lowest BCUT2D eigenvalue weighted by Gasteiger charge is -1.98. The van der Waals surface area contributed by atoms with Crippen LogP contribution in [0.25, 0.3) is 11.8 Å². The fourth-order valence-corrected chi connectivity index (χ4v) is 2.18. The quantitative estimate of drug-likeness (QED) is 0.522. The van der Waals surface area contributed by atoms with E-state index in [-0.39, 0.29) is 0 Å². The Morgan fingerprint density at radius 3 is 2.63 bits per heavy atom. The van der Waals surface area contributed by atoms with E-state index in [9.17, 15) is 0 Å². The third-order valence-electron chi connectivity index (χ3n) is 3.39. The van der Waals surface area contributed by atoms with Gasteiger partial charge in [0.05, 0.1) is 6.54 Å². The average molecular weight is 255 g/mol. The van der Waals surface area contributed by atoms with Crippen molar-refractivity contribution in [1.29, 1.82) is 0 Å². The normalized spacial score (nSPS) is 10.6. The lowest BCUT2D eigenvalue weighted by molar-refractivity contribution is -0.696. The molecule has 0 aliphatic rings. The number of unbranched alkanes of at least 4 members (excludes halogenated alkanes) is 3. The molecular weight excluding hydrogens is 232 g/mol. The van der Waals surface area contributed by atoms with Crippen LogP contribution < -0.4 is 4.57 Å². The molecule has 2 aromatic rings. The van der Waals surface area contributed by atoms with Crippen LogP contribution in [0.3, 0.4) is 0 Å². The molecule has 2 rings (SSSR count). The van der Waals surface area contributed by atoms with Crippen molar-refractivity contribution in [3.8, 4) is 5.69 Å². The number of rotatable bonds is 7. The number of benzene rings is 1. The zero-order chi connectivity index (χ0) is 13.5. The molecule has 1 aromatic carbocycles. The maximum atomic E-state index is 3.78. The maximum Gasteiger partial charge on any atom is 0.248 e. The summed E-state index contributed by atoms with van der Waals surface area (Å²) in [6.07, 6.45) is 13.5. The molecule has 2 nitrogen and oxygen atoms in total. The molecule has 0 unspecified atom stereocenters. The van der Waals surface area contributed by atoms with Crippen LogP contribution in [0.2, 0.25) is 0 Å². The molecule has 0 fully saturated rings. The first-order valence-electron chi connectivity index (χ1n) is 7.13. The van der Waals surface area contributed by atoms with Crippen LogP contribution in [0.4, 0.5) is 0 Å². The summed E-state index contributed by atoms with van der Waals surface area (Å²) >= 11 is 0. The molecule has 0 N–H and O–H groups in total. The highest BCUT2D eigenvalue weighted by molar-refractivity contribution is 5.49. The standard InChI is InChI=1S/C17H23N2/c1-3-5-6-7-12-18-13-14-19(15-18)17-10-8-16(4-2)9-11-17/h4,8-11,13-15H,2-3,5-7,12H2,1H3/q+1. The fourth-order valence-electron chi connectivity index (χ4n) is 2.18. The smallest absolute Gasteiger partial charge is 0.236 e. The van der Waals surface area contributed by atoms with Gasteiger partial charge in [0.2, 0.25) is 6.33 Å². The Labute approximate surface area is 116 Å². The van der Waals surface area contributed by atoms with Crippen molar-refractivity contribution < 1.29 is 4.57 Å². The van der Waals surface area contributed by atoms with Gasteiger partial charge in [0, 0.05) is 0 Å². The number of aryl methyl sites for hydroxylation is 1. The molecule has 0 saturated carbocycles. The fraction of sp³-hybridized carbons (Fsp3) is 0.353. The number of hydrogen-bond donors (Lipinski definition) is 0. The maximum absolute atomic E-state index is 3.78. The predicted octanol–water partition coefficient (Wildman–Crippen LogP) is 3.99. The van der Waals surface area contributed by atoms with E-state index in [0.29, 0.717) is 0 Å². The number of nitrogens with zero attached hydrogens (tertiary/aromatic N) is 2. The van der Waals surface area contributed by atoms with Gasteiger partial charge in [-0.2, -0.15) is 0 Å². The SMILES string of the molecule is C=Cc1ccc(-n2cc[n+](CCCCCC)c2)cc1. The van der Waals surface area contributed by atoms with E-state index >= 15 is 0 Å². The highest BCUT2D eigenvalue weighted by Gasteiger charge is 2.05. The van der Waals surface area contributed by atoms with Crippen LogP contribution in [0.1, 0.15) is 38.2 Å². The molecule has 1 heterocycles. The second kappa shape index (κ2) is 6.93. The Morgan fingerprint density at radius 1 is 1.16 bits per heavy atom. The van der Waals surface area contributed by atoms with Gasteiger partial charge in [-0.1, -0.05) is 44.6 Å². The Kier molecular flexibility index (Phi) is 4.96. The molecule has 1 aromatic heterocycles. The lowest BCUT2D eigenvalue weighted by atomic mass is 10.2. The van der Waals surface area contributed by atoms with E-state index in [0.717, 1.165) is 12.1 Å². The first-order chi connectivity index (χ1) is 9.33. The molecule has 2 heteroatoms. The Morgan fingerprint density at radius 2 is 1.95 bits per heavy atom. The van der Waals surface area contributed by atoms with E-state index in [2.05, 4.69) is 65.6 Å². The zero-order valence-corrected chi connectivity index (χ0v) is 11.8. The molecule has 0 aliphatic carbocycles. The van der Waals surface area contributed by atoms with Gasteiger partial charge in [-0.25, -0.2) is 9.13 Å². The van der Waals surface area contributed by atoms with Gasteiger partial charge >= 0.3 is 0 Å². The summed E-state index contributed by atoms with van der Waals surface area (Å²) in [7, 11) is 0. The highest BCUT2D eigenvalue weighted by atomic mass is 15.1. The summed E-state index contributed by atoms with van der Waals surface area (Å²) in [6, 6.07) is 8.43. The van der Waals surface area contributed by atoms with Crippen molar-refractivity contribution in [3.05, 3.63) is 55.1 Å². The van der Waals surface area contributed by atoms with Crippen molar-refractivity contribution in [2.24, 2.45) is 0 Å². The summed E-state index contributed by atoms with van der Waals surface area (Å²) in [5.74, 6) is 0. The molecule has 0 saturated heterocycles. The Bertz CT molecular complexity index is 508. The molecular formula is C17H23N2+. The minimum atomic E-state index is 1.11. The van der Waals surface area contributed by atoms with Crippen molar-refractivity contribution >= 4 is 6.08 Å². The van der Waals surface area contributed by atoms with E-state index in [1.54, 1.807) is 0 Å². The largest absolute Gasteiger partial charge is 0.248 e. The lowest BCUT2D eigenvalue weighted by Crippen LogP contribution is -2.30. The predicted molar refractivity (Wildman–Crippen MR) is 80.2 cm³/mol. The van der Waals surface area contributed by atoms with Crippen molar-refractivity contribution in [2.45, 2.75) is 39.2 Å². The molecule has 0 radical (unpaired) electrons. The van der Waals surface area contributed by atoms with E-state index in [1.165, 1.54) is 31.4 Å². The zero-order valence-electron chi connectivity index (χ0n) is 11.8. The van der Waals surface area contributed by atoms with Gasteiger partial charge in [-0.05, 0) is 30.5 Å². The third-order valence-corrected chi connectivity index (χ3v) is 3.39.